The summed E-state index contributed by atoms with van der Waals surface area (Å²) in [4.78, 5) is 11.4. The lowest BCUT2D eigenvalue weighted by Crippen LogP contribution is -1.99. The van der Waals surface area contributed by atoms with Crippen LogP contribution in [0, 0.1) is 12.7 Å². The highest BCUT2D eigenvalue weighted by Gasteiger charge is 2.13. The van der Waals surface area contributed by atoms with Gasteiger partial charge in [0.15, 0.2) is 5.82 Å². The maximum Gasteiger partial charge on any atom is 0.223 e. The van der Waals surface area contributed by atoms with Crippen molar-refractivity contribution in [3.8, 4) is 11.4 Å². The molecule has 0 aliphatic heterocycles. The number of imidazole rings is 1. The molecule has 4 nitrogen and oxygen atoms in total. The molecular weight excluding hydrogens is 219 g/mol. The molecule has 0 fully saturated rings. The SMILES string of the molecule is Cc1ncc(-c2nc(Cl)ncc2F)n1C. The Bertz CT molecular complexity index is 509. The largest absolute Gasteiger partial charge is 0.330 e. The molecule has 0 amide bonds. The van der Waals surface area contributed by atoms with Gasteiger partial charge in [0, 0.05) is 7.05 Å². The molecule has 0 N–H and O–H groups in total. The van der Waals surface area contributed by atoms with Crippen LogP contribution in [0.2, 0.25) is 5.28 Å². The van der Waals surface area contributed by atoms with Crippen LogP contribution in [0.25, 0.3) is 11.4 Å². The van der Waals surface area contributed by atoms with Crippen molar-refractivity contribution < 1.29 is 4.39 Å². The van der Waals surface area contributed by atoms with Gasteiger partial charge in [0.05, 0.1) is 18.1 Å². The van der Waals surface area contributed by atoms with Crippen molar-refractivity contribution in [2.75, 3.05) is 0 Å². The zero-order valence-electron chi connectivity index (χ0n) is 8.20. The second-order valence-corrected chi connectivity index (χ2v) is 3.42. The summed E-state index contributed by atoms with van der Waals surface area (Å²) in [6, 6.07) is 0. The van der Waals surface area contributed by atoms with E-state index in [1.165, 1.54) is 0 Å². The lowest BCUT2D eigenvalue weighted by atomic mass is 10.3. The van der Waals surface area contributed by atoms with Gasteiger partial charge in [0.2, 0.25) is 5.28 Å². The second kappa shape index (κ2) is 3.58. The highest BCUT2D eigenvalue weighted by atomic mass is 35.5. The van der Waals surface area contributed by atoms with Crippen LogP contribution in [0.5, 0.6) is 0 Å². The van der Waals surface area contributed by atoms with E-state index in [9.17, 15) is 4.39 Å². The van der Waals surface area contributed by atoms with E-state index in [2.05, 4.69) is 15.0 Å². The van der Waals surface area contributed by atoms with Gasteiger partial charge >= 0.3 is 0 Å². The van der Waals surface area contributed by atoms with E-state index in [0.29, 0.717) is 5.69 Å². The average Bonchev–Trinajstić information content (AvgIpc) is 2.52. The maximum absolute atomic E-state index is 13.4. The third-order valence-corrected chi connectivity index (χ3v) is 2.36. The molecule has 0 aliphatic carbocycles. The van der Waals surface area contributed by atoms with Gasteiger partial charge in [-0.1, -0.05) is 0 Å². The van der Waals surface area contributed by atoms with Crippen molar-refractivity contribution in [3.05, 3.63) is 29.3 Å². The molecule has 0 atom stereocenters. The van der Waals surface area contributed by atoms with Crippen LogP contribution >= 0.6 is 11.6 Å². The van der Waals surface area contributed by atoms with Crippen LogP contribution < -0.4 is 0 Å². The maximum atomic E-state index is 13.4. The van der Waals surface area contributed by atoms with E-state index >= 15 is 0 Å². The van der Waals surface area contributed by atoms with E-state index in [4.69, 9.17) is 11.6 Å². The molecule has 0 spiro atoms. The first kappa shape index (κ1) is 10.0. The minimum Gasteiger partial charge on any atom is -0.330 e. The molecular formula is C9H8ClFN4. The van der Waals surface area contributed by atoms with Crippen molar-refractivity contribution in [3.63, 3.8) is 0 Å². The summed E-state index contributed by atoms with van der Waals surface area (Å²) in [5.74, 6) is 0.265. The topological polar surface area (TPSA) is 43.6 Å². The van der Waals surface area contributed by atoms with Gasteiger partial charge in [-0.25, -0.2) is 19.3 Å². The number of aromatic nitrogens is 4. The Balaban J connectivity index is 2.63. The summed E-state index contributed by atoms with van der Waals surface area (Å²) < 4.78 is 15.2. The summed E-state index contributed by atoms with van der Waals surface area (Å²) in [5.41, 5.74) is 0.743. The van der Waals surface area contributed by atoms with Gasteiger partial charge < -0.3 is 4.57 Å². The Kier molecular flexibility index (Phi) is 2.40. The summed E-state index contributed by atoms with van der Waals surface area (Å²) in [6.45, 7) is 1.82. The monoisotopic (exact) mass is 226 g/mol. The molecule has 6 heteroatoms. The molecule has 2 heterocycles. The van der Waals surface area contributed by atoms with Gasteiger partial charge in [-0.3, -0.25) is 0 Å². The van der Waals surface area contributed by atoms with E-state index in [-0.39, 0.29) is 11.0 Å². The molecule has 78 valence electrons. The fraction of sp³-hybridized carbons (Fsp3) is 0.222. The third-order valence-electron chi connectivity index (χ3n) is 2.18. The molecule has 0 saturated heterocycles. The Labute approximate surface area is 90.8 Å². The zero-order valence-corrected chi connectivity index (χ0v) is 8.96. The minimum atomic E-state index is -0.512. The number of rotatable bonds is 1. The van der Waals surface area contributed by atoms with Gasteiger partial charge in [0.25, 0.3) is 0 Å². The van der Waals surface area contributed by atoms with E-state index in [1.807, 2.05) is 6.92 Å². The van der Waals surface area contributed by atoms with E-state index in [0.717, 1.165) is 12.0 Å². The molecule has 0 aromatic carbocycles. The van der Waals surface area contributed by atoms with Crippen LogP contribution in [0.15, 0.2) is 12.4 Å². The lowest BCUT2D eigenvalue weighted by molar-refractivity contribution is 0.616. The highest BCUT2D eigenvalue weighted by molar-refractivity contribution is 6.28. The summed E-state index contributed by atoms with van der Waals surface area (Å²) in [6.07, 6.45) is 2.60. The lowest BCUT2D eigenvalue weighted by Gasteiger charge is -2.03. The Hall–Kier alpha value is -1.49. The summed E-state index contributed by atoms with van der Waals surface area (Å²) in [7, 11) is 1.78. The van der Waals surface area contributed by atoms with Crippen molar-refractivity contribution >= 4 is 11.6 Å². The number of nitrogens with zero attached hydrogens (tertiary/aromatic N) is 4. The van der Waals surface area contributed by atoms with Crippen molar-refractivity contribution in [2.24, 2.45) is 7.05 Å². The molecule has 0 bridgehead atoms. The second-order valence-electron chi connectivity index (χ2n) is 3.09. The molecule has 2 aromatic heterocycles. The van der Waals surface area contributed by atoms with Gasteiger partial charge in [-0.15, -0.1) is 0 Å². The van der Waals surface area contributed by atoms with Crippen LogP contribution in [0.3, 0.4) is 0 Å². The first-order valence-corrected chi connectivity index (χ1v) is 4.64. The Morgan fingerprint density at radius 2 is 2.07 bits per heavy atom. The molecule has 0 unspecified atom stereocenters. The fourth-order valence-corrected chi connectivity index (χ4v) is 1.38. The van der Waals surface area contributed by atoms with Gasteiger partial charge in [-0.2, -0.15) is 0 Å². The Morgan fingerprint density at radius 3 is 2.67 bits per heavy atom. The molecule has 0 aliphatic rings. The third kappa shape index (κ3) is 1.70. The summed E-state index contributed by atoms with van der Waals surface area (Å²) in [5, 5.41) is 0.0188. The quantitative estimate of drug-likeness (QED) is 0.699. The number of hydrogen-bond donors (Lipinski definition) is 0. The smallest absolute Gasteiger partial charge is 0.223 e. The van der Waals surface area contributed by atoms with Crippen molar-refractivity contribution in [1.82, 2.24) is 19.5 Å². The number of hydrogen-bond acceptors (Lipinski definition) is 3. The van der Waals surface area contributed by atoms with Gasteiger partial charge in [0.1, 0.15) is 11.5 Å². The van der Waals surface area contributed by atoms with Crippen LogP contribution in [0.1, 0.15) is 5.82 Å². The standard InChI is InChI=1S/C9H8ClFN4/c1-5-12-4-7(15(5)2)8-6(11)3-13-9(10)14-8/h3-4H,1-2H3. The predicted molar refractivity (Wildman–Crippen MR) is 53.9 cm³/mol. The number of halogens is 2. The number of aryl methyl sites for hydroxylation is 1. The molecule has 15 heavy (non-hydrogen) atoms. The highest BCUT2D eigenvalue weighted by Crippen LogP contribution is 2.21. The van der Waals surface area contributed by atoms with Crippen molar-refractivity contribution in [2.45, 2.75) is 6.92 Å². The van der Waals surface area contributed by atoms with Crippen LogP contribution in [-0.4, -0.2) is 19.5 Å². The van der Waals surface area contributed by atoms with E-state index < -0.39 is 5.82 Å². The molecule has 2 rings (SSSR count). The minimum absolute atomic E-state index is 0.0188. The Morgan fingerprint density at radius 1 is 1.33 bits per heavy atom. The van der Waals surface area contributed by atoms with Crippen LogP contribution in [0.4, 0.5) is 4.39 Å². The normalized spacial score (nSPS) is 10.7. The predicted octanol–water partition coefficient (Wildman–Crippen LogP) is 1.98. The van der Waals surface area contributed by atoms with E-state index in [1.54, 1.807) is 17.8 Å². The fourth-order valence-electron chi connectivity index (χ4n) is 1.25. The first-order chi connectivity index (χ1) is 7.09. The van der Waals surface area contributed by atoms with Crippen LogP contribution in [-0.2, 0) is 7.05 Å². The summed E-state index contributed by atoms with van der Waals surface area (Å²) >= 11 is 5.61. The zero-order chi connectivity index (χ0) is 11.0. The van der Waals surface area contributed by atoms with Gasteiger partial charge in [-0.05, 0) is 18.5 Å². The average molecular weight is 227 g/mol. The van der Waals surface area contributed by atoms with Crippen molar-refractivity contribution in [1.29, 1.82) is 0 Å². The molecule has 0 saturated carbocycles. The molecule has 0 radical (unpaired) electrons. The first-order valence-electron chi connectivity index (χ1n) is 4.26. The molecule has 2 aromatic rings.